The Morgan fingerprint density at radius 2 is 2.17 bits per heavy atom. The van der Waals surface area contributed by atoms with Gasteiger partial charge in [0.05, 0.1) is 18.2 Å². The van der Waals surface area contributed by atoms with Gasteiger partial charge in [0.25, 0.3) is 5.91 Å². The highest BCUT2D eigenvalue weighted by Gasteiger charge is 2.09. The Morgan fingerprint density at radius 3 is 2.87 bits per heavy atom. The third-order valence-electron chi connectivity index (χ3n) is 3.01. The van der Waals surface area contributed by atoms with E-state index in [2.05, 4.69) is 5.32 Å². The Balaban J connectivity index is 1.82. The van der Waals surface area contributed by atoms with Crippen molar-refractivity contribution >= 4 is 17.2 Å². The van der Waals surface area contributed by atoms with Crippen LogP contribution >= 0.6 is 11.3 Å². The summed E-state index contributed by atoms with van der Waals surface area (Å²) in [7, 11) is 0. The maximum atomic E-state index is 11.8. The third-order valence-corrected chi connectivity index (χ3v) is 3.94. The molecule has 0 bridgehead atoms. The summed E-state index contributed by atoms with van der Waals surface area (Å²) in [6.45, 7) is 2.79. The van der Waals surface area contributed by atoms with Crippen molar-refractivity contribution in [2.75, 3.05) is 19.8 Å². The fraction of sp³-hybridized carbons (Fsp3) is 0.294. The topological polar surface area (TPSA) is 71.3 Å². The second-order valence-corrected chi connectivity index (χ2v) is 5.71. The van der Waals surface area contributed by atoms with Crippen LogP contribution in [0, 0.1) is 11.3 Å². The minimum Gasteiger partial charge on any atom is -0.490 e. The summed E-state index contributed by atoms with van der Waals surface area (Å²) < 4.78 is 10.9. The predicted molar refractivity (Wildman–Crippen MR) is 88.9 cm³/mol. The van der Waals surface area contributed by atoms with E-state index < -0.39 is 0 Å². The minimum absolute atomic E-state index is 0.0869. The van der Waals surface area contributed by atoms with Gasteiger partial charge in [-0.05, 0) is 36.9 Å². The summed E-state index contributed by atoms with van der Waals surface area (Å²) >= 11 is 1.67. The van der Waals surface area contributed by atoms with Gasteiger partial charge in [-0.3, -0.25) is 4.79 Å². The molecule has 1 heterocycles. The molecule has 120 valence electrons. The van der Waals surface area contributed by atoms with Gasteiger partial charge in [0.2, 0.25) is 0 Å². The Bertz CT molecular complexity index is 678. The van der Waals surface area contributed by atoms with Crippen LogP contribution in [0.3, 0.4) is 0 Å². The van der Waals surface area contributed by atoms with Crippen molar-refractivity contribution in [3.63, 3.8) is 0 Å². The molecule has 1 aromatic heterocycles. The summed E-state index contributed by atoms with van der Waals surface area (Å²) in [6.07, 6.45) is 0.810. The highest BCUT2D eigenvalue weighted by Crippen LogP contribution is 2.28. The smallest absolute Gasteiger partial charge is 0.257 e. The lowest BCUT2D eigenvalue weighted by Gasteiger charge is -2.12. The maximum absolute atomic E-state index is 11.8. The van der Waals surface area contributed by atoms with E-state index in [0.29, 0.717) is 30.2 Å². The average Bonchev–Trinajstić information content (AvgIpc) is 3.07. The number of hydrogen-bond acceptors (Lipinski definition) is 5. The van der Waals surface area contributed by atoms with E-state index >= 15 is 0 Å². The van der Waals surface area contributed by atoms with Crippen molar-refractivity contribution in [1.29, 1.82) is 5.26 Å². The number of ether oxygens (including phenoxy) is 2. The molecule has 23 heavy (non-hydrogen) atoms. The zero-order valence-corrected chi connectivity index (χ0v) is 13.7. The molecule has 2 rings (SSSR count). The summed E-state index contributed by atoms with van der Waals surface area (Å²) in [6, 6.07) is 11.0. The molecule has 0 spiro atoms. The summed E-state index contributed by atoms with van der Waals surface area (Å²) in [5.74, 6) is 0.741. The van der Waals surface area contributed by atoms with E-state index in [0.717, 1.165) is 6.42 Å². The highest BCUT2D eigenvalue weighted by molar-refractivity contribution is 7.09. The number of carbonyl (C=O) groups excluding carboxylic acids is 1. The normalized spacial score (nSPS) is 9.91. The van der Waals surface area contributed by atoms with E-state index in [1.54, 1.807) is 29.5 Å². The van der Waals surface area contributed by atoms with Crippen LogP contribution in [-0.4, -0.2) is 25.7 Å². The van der Waals surface area contributed by atoms with Crippen LogP contribution in [0.1, 0.15) is 17.4 Å². The first-order valence-electron chi connectivity index (χ1n) is 7.31. The molecular formula is C17H18N2O3S. The fourth-order valence-electron chi connectivity index (χ4n) is 1.94. The van der Waals surface area contributed by atoms with Gasteiger partial charge in [0.1, 0.15) is 0 Å². The molecule has 0 fully saturated rings. The molecule has 0 saturated heterocycles. The Labute approximate surface area is 139 Å². The SMILES string of the molecule is CCOc1cc(C#N)ccc1OCC(=O)NCCc1cccs1. The number of thiophene rings is 1. The Kier molecular flexibility index (Phi) is 6.45. The van der Waals surface area contributed by atoms with E-state index in [9.17, 15) is 4.79 Å². The molecule has 0 atom stereocenters. The highest BCUT2D eigenvalue weighted by atomic mass is 32.1. The first kappa shape index (κ1) is 16.8. The van der Waals surface area contributed by atoms with Crippen molar-refractivity contribution < 1.29 is 14.3 Å². The molecule has 0 radical (unpaired) electrons. The monoisotopic (exact) mass is 330 g/mol. The lowest BCUT2D eigenvalue weighted by atomic mass is 10.2. The molecule has 1 aromatic carbocycles. The molecule has 5 nitrogen and oxygen atoms in total. The Hall–Kier alpha value is -2.52. The predicted octanol–water partition coefficient (Wildman–Crippen LogP) is 2.76. The van der Waals surface area contributed by atoms with Crippen LogP contribution in [-0.2, 0) is 11.2 Å². The number of hydrogen-bond donors (Lipinski definition) is 1. The van der Waals surface area contributed by atoms with Gasteiger partial charge >= 0.3 is 0 Å². The molecule has 1 amide bonds. The van der Waals surface area contributed by atoms with Crippen LogP contribution in [0.2, 0.25) is 0 Å². The van der Waals surface area contributed by atoms with Crippen LogP contribution in [0.5, 0.6) is 11.5 Å². The van der Waals surface area contributed by atoms with Crippen LogP contribution in [0.15, 0.2) is 35.7 Å². The standard InChI is InChI=1S/C17H18N2O3S/c1-2-21-16-10-13(11-18)5-6-15(16)22-12-17(20)19-8-7-14-4-3-9-23-14/h3-6,9-10H,2,7-8,12H2,1H3,(H,19,20). The summed E-state index contributed by atoms with van der Waals surface area (Å²) in [5.41, 5.74) is 0.487. The third kappa shape index (κ3) is 5.31. The quantitative estimate of drug-likeness (QED) is 0.808. The van der Waals surface area contributed by atoms with Crippen molar-refractivity contribution in [1.82, 2.24) is 5.32 Å². The number of nitrogens with zero attached hydrogens (tertiary/aromatic N) is 1. The van der Waals surface area contributed by atoms with Gasteiger partial charge in [0.15, 0.2) is 18.1 Å². The van der Waals surface area contributed by atoms with Gasteiger partial charge in [-0.2, -0.15) is 5.26 Å². The molecule has 2 aromatic rings. The average molecular weight is 330 g/mol. The van der Waals surface area contributed by atoms with Gasteiger partial charge in [-0.1, -0.05) is 6.07 Å². The number of nitriles is 1. The van der Waals surface area contributed by atoms with Gasteiger partial charge < -0.3 is 14.8 Å². The molecule has 0 aliphatic rings. The molecule has 0 aliphatic carbocycles. The van der Waals surface area contributed by atoms with Crippen LogP contribution in [0.25, 0.3) is 0 Å². The van der Waals surface area contributed by atoms with E-state index in [1.165, 1.54) is 4.88 Å². The maximum Gasteiger partial charge on any atom is 0.257 e. The summed E-state index contributed by atoms with van der Waals surface area (Å²) in [4.78, 5) is 13.0. The second-order valence-electron chi connectivity index (χ2n) is 4.67. The fourth-order valence-corrected chi connectivity index (χ4v) is 2.65. The van der Waals surface area contributed by atoms with Gasteiger partial charge in [-0.15, -0.1) is 11.3 Å². The number of benzene rings is 1. The molecule has 0 saturated carbocycles. The van der Waals surface area contributed by atoms with Crippen molar-refractivity contribution in [3.05, 3.63) is 46.2 Å². The molecule has 0 aliphatic heterocycles. The number of carbonyl (C=O) groups is 1. The largest absolute Gasteiger partial charge is 0.490 e. The number of rotatable bonds is 8. The van der Waals surface area contributed by atoms with E-state index in [1.807, 2.05) is 30.5 Å². The van der Waals surface area contributed by atoms with Crippen LogP contribution < -0.4 is 14.8 Å². The number of nitrogens with one attached hydrogen (secondary N) is 1. The van der Waals surface area contributed by atoms with Crippen LogP contribution in [0.4, 0.5) is 0 Å². The van der Waals surface area contributed by atoms with Crippen molar-refractivity contribution in [3.8, 4) is 17.6 Å². The summed E-state index contributed by atoms with van der Waals surface area (Å²) in [5, 5.41) is 13.7. The van der Waals surface area contributed by atoms with Crippen molar-refractivity contribution in [2.24, 2.45) is 0 Å². The lowest BCUT2D eigenvalue weighted by molar-refractivity contribution is -0.123. The zero-order chi connectivity index (χ0) is 16.5. The van der Waals surface area contributed by atoms with Crippen molar-refractivity contribution in [2.45, 2.75) is 13.3 Å². The number of amides is 1. The zero-order valence-electron chi connectivity index (χ0n) is 12.9. The van der Waals surface area contributed by atoms with Gasteiger partial charge in [-0.25, -0.2) is 0 Å². The van der Waals surface area contributed by atoms with E-state index in [4.69, 9.17) is 14.7 Å². The Morgan fingerprint density at radius 1 is 1.30 bits per heavy atom. The first-order valence-corrected chi connectivity index (χ1v) is 8.19. The molecular weight excluding hydrogens is 312 g/mol. The van der Waals surface area contributed by atoms with E-state index in [-0.39, 0.29) is 12.5 Å². The molecule has 6 heteroatoms. The minimum atomic E-state index is -0.187. The molecule has 0 unspecified atom stereocenters. The van der Waals surface area contributed by atoms with Gasteiger partial charge in [0, 0.05) is 17.5 Å². The lowest BCUT2D eigenvalue weighted by Crippen LogP contribution is -2.30. The first-order chi connectivity index (χ1) is 11.2. The second kappa shape index (κ2) is 8.81. The molecule has 1 N–H and O–H groups in total.